The lowest BCUT2D eigenvalue weighted by Crippen LogP contribution is -2.26. The zero-order valence-corrected chi connectivity index (χ0v) is 11.7. The molecule has 0 aromatic heterocycles. The van der Waals surface area contributed by atoms with E-state index in [0.29, 0.717) is 17.3 Å². The Morgan fingerprint density at radius 3 is 2.81 bits per heavy atom. The Balaban J connectivity index is 2.37. The summed E-state index contributed by atoms with van der Waals surface area (Å²) in [6, 6.07) is 7.46. The fourth-order valence-electron chi connectivity index (χ4n) is 0.951. The first kappa shape index (κ1) is 13.6. The molecule has 1 aromatic carbocycles. The standard InChI is InChI=1S/C11H11BrClNOS/c1-8(12)6-14-11(15)7-16-10-5-3-2-4-9(10)13/h2-5H,1,6-7H2,(H,14,15). The molecule has 0 bridgehead atoms. The molecule has 5 heteroatoms. The summed E-state index contributed by atoms with van der Waals surface area (Å²) in [6.07, 6.45) is 0. The van der Waals surface area contributed by atoms with Gasteiger partial charge in [0.1, 0.15) is 0 Å². The molecule has 0 saturated carbocycles. The Morgan fingerprint density at radius 2 is 2.19 bits per heavy atom. The molecular weight excluding hydrogens is 310 g/mol. The summed E-state index contributed by atoms with van der Waals surface area (Å²) in [4.78, 5) is 12.3. The van der Waals surface area contributed by atoms with E-state index in [4.69, 9.17) is 11.6 Å². The van der Waals surface area contributed by atoms with Crippen molar-refractivity contribution in [2.45, 2.75) is 4.90 Å². The Bertz CT molecular complexity index is 397. The van der Waals surface area contributed by atoms with Crippen molar-refractivity contribution in [2.24, 2.45) is 0 Å². The van der Waals surface area contributed by atoms with E-state index in [9.17, 15) is 4.79 Å². The maximum atomic E-state index is 11.4. The number of rotatable bonds is 5. The van der Waals surface area contributed by atoms with Gasteiger partial charge in [-0.15, -0.1) is 11.8 Å². The van der Waals surface area contributed by atoms with E-state index in [1.54, 1.807) is 0 Å². The molecule has 0 fully saturated rings. The van der Waals surface area contributed by atoms with Crippen molar-refractivity contribution in [1.82, 2.24) is 5.32 Å². The van der Waals surface area contributed by atoms with Crippen LogP contribution in [0.2, 0.25) is 5.02 Å². The molecule has 0 spiro atoms. The highest BCUT2D eigenvalue weighted by Gasteiger charge is 2.04. The Kier molecular flexibility index (Phi) is 5.95. The van der Waals surface area contributed by atoms with Crippen LogP contribution in [0, 0.1) is 0 Å². The van der Waals surface area contributed by atoms with E-state index >= 15 is 0 Å². The van der Waals surface area contributed by atoms with Gasteiger partial charge in [-0.3, -0.25) is 4.79 Å². The van der Waals surface area contributed by atoms with Crippen molar-refractivity contribution in [3.05, 3.63) is 40.3 Å². The predicted molar refractivity (Wildman–Crippen MR) is 73.3 cm³/mol. The van der Waals surface area contributed by atoms with Crippen molar-refractivity contribution < 1.29 is 4.79 Å². The lowest BCUT2D eigenvalue weighted by molar-refractivity contribution is -0.118. The third-order valence-electron chi connectivity index (χ3n) is 1.67. The molecular formula is C11H11BrClNOS. The van der Waals surface area contributed by atoms with Crippen LogP contribution in [0.5, 0.6) is 0 Å². The van der Waals surface area contributed by atoms with Crippen LogP contribution in [0.15, 0.2) is 40.2 Å². The highest BCUT2D eigenvalue weighted by atomic mass is 79.9. The average Bonchev–Trinajstić information content (AvgIpc) is 2.25. The SMILES string of the molecule is C=C(Br)CNC(=O)CSc1ccccc1Cl. The van der Waals surface area contributed by atoms with Gasteiger partial charge in [-0.2, -0.15) is 0 Å². The van der Waals surface area contributed by atoms with E-state index in [1.807, 2.05) is 24.3 Å². The predicted octanol–water partition coefficient (Wildman–Crippen LogP) is 3.46. The normalized spacial score (nSPS) is 9.88. The summed E-state index contributed by atoms with van der Waals surface area (Å²) in [5.74, 6) is 0.315. The first-order valence-corrected chi connectivity index (χ1v) is 6.72. The number of nitrogens with one attached hydrogen (secondary N) is 1. The van der Waals surface area contributed by atoms with Gasteiger partial charge in [-0.25, -0.2) is 0 Å². The van der Waals surface area contributed by atoms with Crippen molar-refractivity contribution in [1.29, 1.82) is 0 Å². The van der Waals surface area contributed by atoms with Crippen LogP contribution in [-0.4, -0.2) is 18.2 Å². The van der Waals surface area contributed by atoms with Gasteiger partial charge < -0.3 is 5.32 Å². The minimum atomic E-state index is -0.0366. The van der Waals surface area contributed by atoms with Gasteiger partial charge in [0.25, 0.3) is 0 Å². The third kappa shape index (κ3) is 5.05. The number of carbonyl (C=O) groups is 1. The maximum absolute atomic E-state index is 11.4. The van der Waals surface area contributed by atoms with Crippen LogP contribution in [0.1, 0.15) is 0 Å². The average molecular weight is 321 g/mol. The molecule has 0 aliphatic heterocycles. The van der Waals surface area contributed by atoms with Crippen molar-refractivity contribution in [2.75, 3.05) is 12.3 Å². The second-order valence-electron chi connectivity index (χ2n) is 3.01. The molecule has 0 radical (unpaired) electrons. The molecule has 1 aromatic rings. The van der Waals surface area contributed by atoms with E-state index in [0.717, 1.165) is 9.38 Å². The van der Waals surface area contributed by atoms with E-state index in [-0.39, 0.29) is 5.91 Å². The minimum Gasteiger partial charge on any atom is -0.351 e. The largest absolute Gasteiger partial charge is 0.351 e. The smallest absolute Gasteiger partial charge is 0.230 e. The number of amides is 1. The number of benzene rings is 1. The minimum absolute atomic E-state index is 0.0366. The summed E-state index contributed by atoms with van der Waals surface area (Å²) in [7, 11) is 0. The van der Waals surface area contributed by atoms with Crippen LogP contribution in [0.4, 0.5) is 0 Å². The quantitative estimate of drug-likeness (QED) is 0.842. The molecule has 1 amide bonds. The number of thioether (sulfide) groups is 1. The monoisotopic (exact) mass is 319 g/mol. The molecule has 0 heterocycles. The molecule has 0 saturated heterocycles. The molecule has 1 N–H and O–H groups in total. The lowest BCUT2D eigenvalue weighted by atomic mass is 10.4. The fraction of sp³-hybridized carbons (Fsp3) is 0.182. The lowest BCUT2D eigenvalue weighted by Gasteiger charge is -2.05. The van der Waals surface area contributed by atoms with E-state index in [1.165, 1.54) is 11.8 Å². The van der Waals surface area contributed by atoms with E-state index in [2.05, 4.69) is 27.8 Å². The molecule has 2 nitrogen and oxygen atoms in total. The van der Waals surface area contributed by atoms with Crippen molar-refractivity contribution in [3.63, 3.8) is 0 Å². The number of carbonyl (C=O) groups excluding carboxylic acids is 1. The fourth-order valence-corrected chi connectivity index (χ4v) is 2.16. The summed E-state index contributed by atoms with van der Waals surface area (Å²) >= 11 is 10.6. The van der Waals surface area contributed by atoms with Crippen molar-refractivity contribution in [3.8, 4) is 0 Å². The second kappa shape index (κ2) is 6.99. The summed E-state index contributed by atoms with van der Waals surface area (Å²) in [5, 5.41) is 3.39. The first-order valence-electron chi connectivity index (χ1n) is 4.57. The van der Waals surface area contributed by atoms with Gasteiger partial charge in [0, 0.05) is 15.9 Å². The molecule has 0 atom stereocenters. The van der Waals surface area contributed by atoms with Crippen LogP contribution in [0.3, 0.4) is 0 Å². The summed E-state index contributed by atoms with van der Waals surface area (Å²) < 4.78 is 0.753. The van der Waals surface area contributed by atoms with Crippen LogP contribution in [-0.2, 0) is 4.79 Å². The van der Waals surface area contributed by atoms with Gasteiger partial charge in [-0.05, 0) is 12.1 Å². The molecule has 0 aliphatic rings. The Morgan fingerprint density at radius 1 is 1.50 bits per heavy atom. The van der Waals surface area contributed by atoms with Gasteiger partial charge in [-0.1, -0.05) is 46.2 Å². The second-order valence-corrected chi connectivity index (χ2v) is 5.56. The molecule has 1 rings (SSSR count). The number of hydrogen-bond acceptors (Lipinski definition) is 2. The first-order chi connectivity index (χ1) is 7.59. The molecule has 86 valence electrons. The summed E-state index contributed by atoms with van der Waals surface area (Å²) in [5.41, 5.74) is 0. The topological polar surface area (TPSA) is 29.1 Å². The highest BCUT2D eigenvalue weighted by Crippen LogP contribution is 2.26. The zero-order valence-electron chi connectivity index (χ0n) is 8.50. The van der Waals surface area contributed by atoms with Crippen LogP contribution >= 0.6 is 39.3 Å². The van der Waals surface area contributed by atoms with Gasteiger partial charge in [0.15, 0.2) is 0 Å². The molecule has 0 aliphatic carbocycles. The highest BCUT2D eigenvalue weighted by molar-refractivity contribution is 9.11. The Labute approximate surface area is 113 Å². The van der Waals surface area contributed by atoms with Crippen LogP contribution in [0.25, 0.3) is 0 Å². The zero-order chi connectivity index (χ0) is 12.0. The van der Waals surface area contributed by atoms with E-state index < -0.39 is 0 Å². The van der Waals surface area contributed by atoms with Crippen molar-refractivity contribution >= 4 is 45.2 Å². The third-order valence-corrected chi connectivity index (χ3v) is 3.47. The van der Waals surface area contributed by atoms with Gasteiger partial charge >= 0.3 is 0 Å². The summed E-state index contributed by atoms with van der Waals surface area (Å²) in [6.45, 7) is 4.08. The molecule has 0 unspecified atom stereocenters. The number of hydrogen-bond donors (Lipinski definition) is 1. The van der Waals surface area contributed by atoms with Gasteiger partial charge in [0.05, 0.1) is 10.8 Å². The van der Waals surface area contributed by atoms with Crippen LogP contribution < -0.4 is 5.32 Å². The molecule has 16 heavy (non-hydrogen) atoms. The maximum Gasteiger partial charge on any atom is 0.230 e. The van der Waals surface area contributed by atoms with Gasteiger partial charge in [0.2, 0.25) is 5.91 Å². The Hall–Kier alpha value is -0.450. The number of halogens is 2.